The van der Waals surface area contributed by atoms with Crippen LogP contribution in [-0.4, -0.2) is 15.0 Å². The first-order valence-electron chi connectivity index (χ1n) is 15.6. The van der Waals surface area contributed by atoms with Crippen LogP contribution in [0.25, 0.3) is 44.9 Å². The van der Waals surface area contributed by atoms with E-state index in [4.69, 9.17) is 0 Å². The third kappa shape index (κ3) is 11.1. The van der Waals surface area contributed by atoms with Gasteiger partial charge in [0.15, 0.2) is 0 Å². The second kappa shape index (κ2) is 19.5. The zero-order valence-corrected chi connectivity index (χ0v) is 28.8. The van der Waals surface area contributed by atoms with E-state index in [0.29, 0.717) is 0 Å². The maximum absolute atomic E-state index is 4.40. The van der Waals surface area contributed by atoms with Gasteiger partial charge >= 0.3 is 20.1 Å². The molecule has 232 valence electrons. The van der Waals surface area contributed by atoms with Crippen LogP contribution in [0.3, 0.4) is 0 Å². The van der Waals surface area contributed by atoms with Crippen LogP contribution in [0.2, 0.25) is 0 Å². The average molecular weight is 787 g/mol. The molecular weight excluding hydrogens is 751 g/mol. The first-order valence-corrected chi connectivity index (χ1v) is 15.6. The molecule has 0 aliphatic rings. The summed E-state index contributed by atoms with van der Waals surface area (Å²) in [6.45, 7) is 2.23. The van der Waals surface area contributed by atoms with Crippen LogP contribution < -0.4 is 0 Å². The van der Waals surface area contributed by atoms with Gasteiger partial charge < -0.3 is 15.0 Å². The van der Waals surface area contributed by atoms with Gasteiger partial charge in [-0.05, 0) is 59.2 Å². The molecule has 7 aromatic rings. The molecule has 0 spiro atoms. The largest absolute Gasteiger partial charge is 3.00 e. The van der Waals surface area contributed by atoms with Crippen molar-refractivity contribution in [2.75, 3.05) is 0 Å². The summed E-state index contributed by atoms with van der Waals surface area (Å²) in [7, 11) is 0. The van der Waals surface area contributed by atoms with E-state index >= 15 is 0 Å². The molecule has 0 fully saturated rings. The van der Waals surface area contributed by atoms with Crippen molar-refractivity contribution in [2.24, 2.45) is 0 Å². The van der Waals surface area contributed by atoms with E-state index in [-0.39, 0.29) is 20.1 Å². The Balaban J connectivity index is 0.000000170. The van der Waals surface area contributed by atoms with Crippen molar-refractivity contribution in [3.05, 3.63) is 188 Å². The fourth-order valence-electron chi connectivity index (χ4n) is 4.71. The molecule has 3 aromatic heterocycles. The average Bonchev–Trinajstić information content (AvgIpc) is 3.16. The molecule has 0 aliphatic carbocycles. The molecule has 0 N–H and O–H groups in total. The van der Waals surface area contributed by atoms with E-state index in [2.05, 4.69) is 76.5 Å². The van der Waals surface area contributed by atoms with Crippen LogP contribution in [0.5, 0.6) is 0 Å². The summed E-state index contributed by atoms with van der Waals surface area (Å²) in [6.07, 6.45) is 9.05. The van der Waals surface area contributed by atoms with Gasteiger partial charge in [0.2, 0.25) is 0 Å². The number of hydrogen-bond acceptors (Lipinski definition) is 3. The van der Waals surface area contributed by atoms with Crippen molar-refractivity contribution in [3.63, 3.8) is 0 Å². The molecule has 3 heterocycles. The number of aromatic nitrogens is 3. The van der Waals surface area contributed by atoms with Crippen LogP contribution in [-0.2, 0) is 26.5 Å². The Kier molecular flexibility index (Phi) is 14.4. The number of unbranched alkanes of at least 4 members (excludes halogenated alkanes) is 1. The Morgan fingerprint density at radius 3 is 1.40 bits per heavy atom. The first kappa shape index (κ1) is 34.8. The SMILES string of the molecule is CCCCc1ccc(-c2cc[c-]c(-c3ccccn3)c2)cc1.[Ir+3].[c-]1ccccc1-c1ccccn1.[c-]1ccccc1-c1ccccn1. The van der Waals surface area contributed by atoms with Crippen molar-refractivity contribution >= 4 is 0 Å². The van der Waals surface area contributed by atoms with Gasteiger partial charge in [0.25, 0.3) is 0 Å². The Morgan fingerprint density at radius 2 is 0.957 bits per heavy atom. The Hall–Kier alpha value is -5.02. The molecule has 0 bridgehead atoms. The first-order chi connectivity index (χ1) is 22.8. The summed E-state index contributed by atoms with van der Waals surface area (Å²) >= 11 is 0. The van der Waals surface area contributed by atoms with Gasteiger partial charge in [-0.15, -0.1) is 107 Å². The smallest absolute Gasteiger partial charge is 0.305 e. The maximum atomic E-state index is 4.40. The number of pyridine rings is 3. The number of hydrogen-bond donors (Lipinski definition) is 0. The predicted octanol–water partition coefficient (Wildman–Crippen LogP) is 10.7. The molecule has 0 aliphatic heterocycles. The molecule has 0 saturated heterocycles. The van der Waals surface area contributed by atoms with Crippen LogP contribution in [0.4, 0.5) is 0 Å². The number of rotatable bonds is 7. The molecule has 0 saturated carbocycles. The maximum Gasteiger partial charge on any atom is 3.00 e. The Labute approximate surface area is 292 Å². The molecule has 7 rings (SSSR count). The monoisotopic (exact) mass is 787 g/mol. The topological polar surface area (TPSA) is 38.7 Å². The third-order valence-electron chi connectivity index (χ3n) is 7.15. The third-order valence-corrected chi connectivity index (χ3v) is 7.15. The van der Waals surface area contributed by atoms with Crippen LogP contribution in [0.1, 0.15) is 25.3 Å². The zero-order valence-electron chi connectivity index (χ0n) is 26.4. The van der Waals surface area contributed by atoms with E-state index in [1.165, 1.54) is 36.0 Å². The van der Waals surface area contributed by atoms with Crippen molar-refractivity contribution in [3.8, 4) is 44.9 Å². The summed E-state index contributed by atoms with van der Waals surface area (Å²) in [5.41, 5.74) is 9.88. The summed E-state index contributed by atoms with van der Waals surface area (Å²) in [5, 5.41) is 0. The van der Waals surface area contributed by atoms with E-state index < -0.39 is 0 Å². The van der Waals surface area contributed by atoms with Crippen LogP contribution in [0, 0.1) is 18.2 Å². The second-order valence-corrected chi connectivity index (χ2v) is 10.5. The molecule has 0 radical (unpaired) electrons. The van der Waals surface area contributed by atoms with Crippen LogP contribution >= 0.6 is 0 Å². The standard InChI is InChI=1S/C21H20N.2C11H8N.Ir/c1-2-3-7-17-11-13-18(14-12-17)19-8-6-9-20(16-19)21-10-4-5-15-22-21;2*1-2-6-10(7-3-1)11-8-4-5-9-12-11;/h4-6,8,10-16H,2-3,7H2,1H3;2*1-6,8-9H;/q3*-1;+3. The van der Waals surface area contributed by atoms with Crippen molar-refractivity contribution in [2.45, 2.75) is 26.2 Å². The minimum Gasteiger partial charge on any atom is -0.305 e. The van der Waals surface area contributed by atoms with Crippen molar-refractivity contribution < 1.29 is 20.1 Å². The van der Waals surface area contributed by atoms with Gasteiger partial charge in [-0.3, -0.25) is 0 Å². The van der Waals surface area contributed by atoms with Crippen LogP contribution in [0.15, 0.2) is 164 Å². The number of benzene rings is 4. The van der Waals surface area contributed by atoms with Gasteiger partial charge in [0.1, 0.15) is 0 Å². The normalized spacial score (nSPS) is 9.89. The predicted molar refractivity (Wildman–Crippen MR) is 190 cm³/mol. The molecule has 4 heteroatoms. The van der Waals surface area contributed by atoms with Gasteiger partial charge in [-0.25, -0.2) is 0 Å². The van der Waals surface area contributed by atoms with Gasteiger partial charge in [0.05, 0.1) is 0 Å². The Morgan fingerprint density at radius 1 is 0.468 bits per heavy atom. The van der Waals surface area contributed by atoms with Gasteiger partial charge in [-0.1, -0.05) is 74.0 Å². The molecule has 3 nitrogen and oxygen atoms in total. The molecule has 47 heavy (non-hydrogen) atoms. The summed E-state index contributed by atoms with van der Waals surface area (Å²) in [4.78, 5) is 12.8. The molecular formula is C43H36IrN3. The van der Waals surface area contributed by atoms with Crippen molar-refractivity contribution in [1.29, 1.82) is 0 Å². The fourth-order valence-corrected chi connectivity index (χ4v) is 4.71. The summed E-state index contributed by atoms with van der Waals surface area (Å²) < 4.78 is 0. The van der Waals surface area contributed by atoms with E-state index in [9.17, 15) is 0 Å². The second-order valence-electron chi connectivity index (χ2n) is 10.5. The van der Waals surface area contributed by atoms with E-state index in [1.54, 1.807) is 12.4 Å². The number of nitrogens with zero attached hydrogens (tertiary/aromatic N) is 3. The molecule has 4 aromatic carbocycles. The van der Waals surface area contributed by atoms with Gasteiger partial charge in [0, 0.05) is 18.6 Å². The van der Waals surface area contributed by atoms with Crippen molar-refractivity contribution in [1.82, 2.24) is 15.0 Å². The molecule has 0 atom stereocenters. The summed E-state index contributed by atoms with van der Waals surface area (Å²) in [6, 6.07) is 58.0. The minimum absolute atomic E-state index is 0. The van der Waals surface area contributed by atoms with E-state index in [0.717, 1.165) is 33.8 Å². The molecule has 0 amide bonds. The summed E-state index contributed by atoms with van der Waals surface area (Å²) in [5.74, 6) is 0. The number of aryl methyl sites for hydroxylation is 1. The zero-order chi connectivity index (χ0) is 31.7. The Bertz CT molecular complexity index is 1680. The quantitative estimate of drug-likeness (QED) is 0.151. The minimum atomic E-state index is 0. The van der Waals surface area contributed by atoms with E-state index in [1.807, 2.05) is 115 Å². The fraction of sp³-hybridized carbons (Fsp3) is 0.0930. The van der Waals surface area contributed by atoms with Gasteiger partial charge in [-0.2, -0.15) is 0 Å². The molecule has 0 unspecified atom stereocenters.